The van der Waals surface area contributed by atoms with Crippen LogP contribution in [0, 0.1) is 35.8 Å². The van der Waals surface area contributed by atoms with Crippen LogP contribution in [-0.2, 0) is 0 Å². The van der Waals surface area contributed by atoms with Gasteiger partial charge in [-0.05, 0) is 60.4 Å². The van der Waals surface area contributed by atoms with Crippen molar-refractivity contribution in [1.82, 2.24) is 0 Å². The Hall–Kier alpha value is -4.46. The summed E-state index contributed by atoms with van der Waals surface area (Å²) in [6.45, 7) is 17.4. The average Bonchev–Trinajstić information content (AvgIpc) is 2.76. The van der Waals surface area contributed by atoms with Gasteiger partial charge in [0, 0.05) is 0 Å². The quantitative estimate of drug-likeness (QED) is 0.402. The summed E-state index contributed by atoms with van der Waals surface area (Å²) >= 11 is 0. The van der Waals surface area contributed by atoms with E-state index in [2.05, 4.69) is 9.69 Å². The van der Waals surface area contributed by atoms with Gasteiger partial charge >= 0.3 is 7.69 Å². The molecule has 0 saturated carbocycles. The molecule has 137 valence electrons. The third kappa shape index (κ3) is 5.27. The van der Waals surface area contributed by atoms with Crippen LogP contribution >= 0.6 is 0 Å². The predicted octanol–water partition coefficient (Wildman–Crippen LogP) is 5.03. The molecule has 0 amide bonds. The van der Waals surface area contributed by atoms with Gasteiger partial charge in [-0.15, -0.1) is 0 Å². The van der Waals surface area contributed by atoms with Gasteiger partial charge in [-0.25, -0.2) is 20.2 Å². The van der Waals surface area contributed by atoms with Crippen LogP contribution in [0.1, 0.15) is 25.0 Å². The fourth-order valence-electron chi connectivity index (χ4n) is 2.36. The van der Waals surface area contributed by atoms with E-state index in [4.69, 9.17) is 33.0 Å². The average molecular weight is 377 g/mol. The summed E-state index contributed by atoms with van der Waals surface area (Å²) in [6, 6.07) is 17.6. The molecule has 0 bridgehead atoms. The van der Waals surface area contributed by atoms with Crippen LogP contribution in [0.15, 0.2) is 59.9 Å². The molecule has 0 aliphatic carbocycles. The highest BCUT2D eigenvalue weighted by Gasteiger charge is 2.07. The fraction of sp³-hybridized carbons (Fsp3) is 0.0909. The van der Waals surface area contributed by atoms with E-state index >= 15 is 0 Å². The number of allylic oxidation sites excluding steroid dienone is 4. The zero-order valence-corrected chi connectivity index (χ0v) is 15.8. The van der Waals surface area contributed by atoms with Gasteiger partial charge in [-0.1, -0.05) is 24.3 Å². The maximum Gasteiger partial charge on any atom is 0.658 e. The molecule has 1 radical (unpaired) electrons. The van der Waals surface area contributed by atoms with Crippen molar-refractivity contribution in [2.45, 2.75) is 13.8 Å². The predicted molar refractivity (Wildman–Crippen MR) is 110 cm³/mol. The van der Waals surface area contributed by atoms with Gasteiger partial charge in [0.1, 0.15) is 11.5 Å². The SMILES string of the molecule is [C-]#[N+]/C(C#N)=C(\C)c1ccc(O[B]Oc2ccc(/C(C)=C(\C#N)[N+]#[C-])cc2)cc1. The lowest BCUT2D eigenvalue weighted by Crippen LogP contribution is -2.10. The van der Waals surface area contributed by atoms with Crippen molar-refractivity contribution in [3.05, 3.63) is 93.9 Å². The summed E-state index contributed by atoms with van der Waals surface area (Å²) < 4.78 is 10.9. The number of hydrogen-bond acceptors (Lipinski definition) is 4. The molecule has 0 aromatic heterocycles. The Bertz CT molecular complexity index is 997. The van der Waals surface area contributed by atoms with Crippen molar-refractivity contribution in [2.75, 3.05) is 0 Å². The number of benzene rings is 2. The normalized spacial score (nSPS) is 11.4. The minimum absolute atomic E-state index is 0.0559. The van der Waals surface area contributed by atoms with E-state index in [0.717, 1.165) is 11.1 Å². The molecule has 0 saturated heterocycles. The smallest absolute Gasteiger partial charge is 0.526 e. The Morgan fingerprint density at radius 3 is 1.38 bits per heavy atom. The lowest BCUT2D eigenvalue weighted by Gasteiger charge is -2.09. The summed E-state index contributed by atoms with van der Waals surface area (Å²) in [4.78, 5) is 6.41. The van der Waals surface area contributed by atoms with Crippen molar-refractivity contribution >= 4 is 18.8 Å². The van der Waals surface area contributed by atoms with Crippen LogP contribution in [0.4, 0.5) is 0 Å². The van der Waals surface area contributed by atoms with Crippen molar-refractivity contribution in [2.24, 2.45) is 0 Å². The standard InChI is InChI=1S/C22H14BN4O2/c1-15(21(13-24)26-3)17-5-9-19(10-6-17)28-23-29-20-11-7-18(8-12-20)16(2)22(14-25)27-4/h5-12H,1-2H3/b21-15+,22-16+. The highest BCUT2D eigenvalue weighted by Crippen LogP contribution is 2.23. The molecule has 0 N–H and O–H groups in total. The molecule has 0 aliphatic heterocycles. The van der Waals surface area contributed by atoms with Gasteiger partial charge < -0.3 is 9.31 Å². The van der Waals surface area contributed by atoms with E-state index in [9.17, 15) is 0 Å². The maximum absolute atomic E-state index is 8.94. The lowest BCUT2D eigenvalue weighted by atomic mass is 10.1. The second-order valence-electron chi connectivity index (χ2n) is 5.78. The minimum atomic E-state index is 0.0559. The van der Waals surface area contributed by atoms with Crippen LogP contribution in [0.25, 0.3) is 20.8 Å². The first kappa shape index (κ1) is 20.9. The van der Waals surface area contributed by atoms with Gasteiger partial charge in [0.25, 0.3) is 11.4 Å². The molecule has 0 spiro atoms. The lowest BCUT2D eigenvalue weighted by molar-refractivity contribution is 0.459. The molecular weight excluding hydrogens is 363 g/mol. The minimum Gasteiger partial charge on any atom is -0.526 e. The van der Waals surface area contributed by atoms with Crippen LogP contribution in [0.5, 0.6) is 11.5 Å². The first-order chi connectivity index (χ1) is 14.0. The van der Waals surface area contributed by atoms with Gasteiger partial charge in [-0.2, -0.15) is 0 Å². The third-order valence-corrected chi connectivity index (χ3v) is 4.09. The molecule has 6 nitrogen and oxygen atoms in total. The molecule has 2 aromatic carbocycles. The van der Waals surface area contributed by atoms with E-state index < -0.39 is 0 Å². The number of rotatable bonds is 6. The fourth-order valence-corrected chi connectivity index (χ4v) is 2.36. The second kappa shape index (κ2) is 10.0. The molecule has 0 atom stereocenters. The first-order valence-electron chi connectivity index (χ1n) is 8.36. The summed E-state index contributed by atoms with van der Waals surface area (Å²) in [6.07, 6.45) is 0. The van der Waals surface area contributed by atoms with Crippen molar-refractivity contribution in [3.8, 4) is 23.6 Å². The van der Waals surface area contributed by atoms with E-state index in [1.165, 1.54) is 7.69 Å². The zero-order chi connectivity index (χ0) is 21.2. The molecule has 29 heavy (non-hydrogen) atoms. The van der Waals surface area contributed by atoms with Gasteiger partial charge in [0.05, 0.1) is 25.3 Å². The van der Waals surface area contributed by atoms with Gasteiger partial charge in [0.15, 0.2) is 0 Å². The van der Waals surface area contributed by atoms with Crippen LogP contribution in [0.2, 0.25) is 0 Å². The zero-order valence-electron chi connectivity index (χ0n) is 15.8. The monoisotopic (exact) mass is 377 g/mol. The molecule has 2 aromatic rings. The first-order valence-corrected chi connectivity index (χ1v) is 8.36. The van der Waals surface area contributed by atoms with Crippen molar-refractivity contribution in [1.29, 1.82) is 10.5 Å². The van der Waals surface area contributed by atoms with Crippen molar-refractivity contribution < 1.29 is 9.31 Å². The van der Waals surface area contributed by atoms with Crippen molar-refractivity contribution in [3.63, 3.8) is 0 Å². The Labute approximate surface area is 170 Å². The van der Waals surface area contributed by atoms with Crippen LogP contribution in [-0.4, -0.2) is 7.69 Å². The largest absolute Gasteiger partial charge is 0.658 e. The van der Waals surface area contributed by atoms with Crippen LogP contribution in [0.3, 0.4) is 0 Å². The molecule has 2 rings (SSSR count). The molecule has 0 aliphatic rings. The van der Waals surface area contributed by atoms with E-state index in [-0.39, 0.29) is 11.4 Å². The maximum atomic E-state index is 8.94. The summed E-state index contributed by atoms with van der Waals surface area (Å²) in [5.74, 6) is 1.07. The molecule has 7 heteroatoms. The van der Waals surface area contributed by atoms with E-state index in [1.54, 1.807) is 62.4 Å². The summed E-state index contributed by atoms with van der Waals surface area (Å²) in [5.41, 5.74) is 2.86. The number of hydrogen-bond donors (Lipinski definition) is 0. The Morgan fingerprint density at radius 1 is 0.759 bits per heavy atom. The van der Waals surface area contributed by atoms with Gasteiger partial charge in [0.2, 0.25) is 0 Å². The Morgan fingerprint density at radius 2 is 1.10 bits per heavy atom. The third-order valence-electron chi connectivity index (χ3n) is 4.09. The molecular formula is C22H14BN4O2. The number of nitrogens with zero attached hydrogens (tertiary/aromatic N) is 4. The number of nitriles is 2. The van der Waals surface area contributed by atoms with Gasteiger partial charge in [-0.3, -0.25) is 0 Å². The molecule has 0 heterocycles. The Kier molecular flexibility index (Phi) is 7.21. The highest BCUT2D eigenvalue weighted by molar-refractivity contribution is 6.20. The summed E-state index contributed by atoms with van der Waals surface area (Å²) in [5, 5.41) is 17.9. The summed E-state index contributed by atoms with van der Waals surface area (Å²) in [7, 11) is 1.19. The molecule has 0 fully saturated rings. The van der Waals surface area contributed by atoms with Crippen LogP contribution < -0.4 is 9.31 Å². The molecule has 0 unspecified atom stereocenters. The second-order valence-corrected chi connectivity index (χ2v) is 5.78. The topological polar surface area (TPSA) is 74.8 Å². The van der Waals surface area contributed by atoms with E-state index in [0.29, 0.717) is 22.6 Å². The highest BCUT2D eigenvalue weighted by atomic mass is 16.6. The van der Waals surface area contributed by atoms with E-state index in [1.807, 2.05) is 12.1 Å². The Balaban J connectivity index is 1.98.